The molecule has 0 aliphatic carbocycles. The van der Waals surface area contributed by atoms with E-state index in [1.54, 1.807) is 54.7 Å². The Morgan fingerprint density at radius 2 is 1.59 bits per heavy atom. The Bertz CT molecular complexity index is 585. The van der Waals surface area contributed by atoms with Gasteiger partial charge in [0.25, 0.3) is 5.91 Å². The van der Waals surface area contributed by atoms with E-state index in [2.05, 4.69) is 10.5 Å². The maximum atomic E-state index is 12.6. The fourth-order valence-electron chi connectivity index (χ4n) is 2.17. The lowest BCUT2D eigenvalue weighted by Gasteiger charge is -2.27. The van der Waals surface area contributed by atoms with Gasteiger partial charge in [0, 0.05) is 6.21 Å². The monoisotopic (exact) mass is 296 g/mol. The molecule has 2 N–H and O–H groups in total. The topological polar surface area (TPSA) is 61.7 Å². The van der Waals surface area contributed by atoms with Crippen LogP contribution in [0.1, 0.15) is 30.9 Å². The summed E-state index contributed by atoms with van der Waals surface area (Å²) in [5, 5.41) is 15.0. The predicted molar refractivity (Wildman–Crippen MR) is 87.4 cm³/mol. The molecule has 114 valence electrons. The number of amides is 1. The molecule has 22 heavy (non-hydrogen) atoms. The lowest BCUT2D eigenvalue weighted by atomic mass is 9.85. The molecule has 0 heterocycles. The Labute approximate surface area is 130 Å². The van der Waals surface area contributed by atoms with Crippen LogP contribution in [0.25, 0.3) is 0 Å². The highest BCUT2D eigenvalue weighted by Gasteiger charge is 2.39. The number of rotatable bonds is 6. The van der Waals surface area contributed by atoms with Crippen molar-refractivity contribution in [2.45, 2.75) is 25.4 Å². The second kappa shape index (κ2) is 7.52. The summed E-state index contributed by atoms with van der Waals surface area (Å²) in [6, 6.07) is 17.7. The first-order chi connectivity index (χ1) is 10.7. The molecule has 2 aromatic carbocycles. The number of carbonyl (C=O) groups is 1. The third-order valence-corrected chi connectivity index (χ3v) is 3.39. The highest BCUT2D eigenvalue weighted by atomic mass is 16.3. The van der Waals surface area contributed by atoms with Crippen molar-refractivity contribution in [2.75, 3.05) is 0 Å². The highest BCUT2D eigenvalue weighted by Crippen LogP contribution is 2.29. The number of hydrazone groups is 1. The maximum absolute atomic E-state index is 12.6. The van der Waals surface area contributed by atoms with Crippen molar-refractivity contribution in [3.63, 3.8) is 0 Å². The standard InChI is InChI=1S/C18H20N2O2/c1-2-3-14-19-20-17(21)18(22,15-10-6-4-7-11-15)16-12-8-5-9-13-16/h4-14,22H,2-3H2,1H3,(H,20,21)/b19-14+. The minimum atomic E-state index is -1.77. The van der Waals surface area contributed by atoms with Crippen LogP contribution in [0.3, 0.4) is 0 Å². The zero-order chi connectivity index (χ0) is 15.8. The summed E-state index contributed by atoms with van der Waals surface area (Å²) in [5.74, 6) is -0.572. The number of unbranched alkanes of at least 4 members (excludes halogenated alkanes) is 1. The molecule has 0 atom stereocenters. The van der Waals surface area contributed by atoms with Crippen molar-refractivity contribution in [3.05, 3.63) is 71.8 Å². The van der Waals surface area contributed by atoms with Gasteiger partial charge in [-0.05, 0) is 17.5 Å². The molecule has 4 nitrogen and oxygen atoms in total. The van der Waals surface area contributed by atoms with Gasteiger partial charge in [0.15, 0.2) is 5.60 Å². The van der Waals surface area contributed by atoms with Crippen LogP contribution in [0, 0.1) is 0 Å². The Kier molecular flexibility index (Phi) is 5.44. The minimum absolute atomic E-state index is 0.504. The molecule has 4 heteroatoms. The molecule has 0 radical (unpaired) electrons. The number of nitrogens with zero attached hydrogens (tertiary/aromatic N) is 1. The van der Waals surface area contributed by atoms with E-state index < -0.39 is 11.5 Å². The number of aliphatic hydroxyl groups is 1. The van der Waals surface area contributed by atoms with E-state index in [9.17, 15) is 9.90 Å². The number of hydrogen-bond acceptors (Lipinski definition) is 3. The second-order valence-electron chi connectivity index (χ2n) is 4.98. The fraction of sp³-hybridized carbons (Fsp3) is 0.222. The molecule has 0 aliphatic rings. The molecule has 0 unspecified atom stereocenters. The molecule has 0 fully saturated rings. The van der Waals surface area contributed by atoms with Crippen LogP contribution in [0.15, 0.2) is 65.8 Å². The molecule has 2 aromatic rings. The maximum Gasteiger partial charge on any atom is 0.281 e. The largest absolute Gasteiger partial charge is 0.372 e. The first kappa shape index (κ1) is 15.9. The second-order valence-corrected chi connectivity index (χ2v) is 4.98. The number of benzene rings is 2. The van der Waals surface area contributed by atoms with Crippen LogP contribution in [-0.4, -0.2) is 17.2 Å². The summed E-state index contributed by atoms with van der Waals surface area (Å²) in [6.45, 7) is 2.03. The van der Waals surface area contributed by atoms with Crippen LogP contribution in [0.2, 0.25) is 0 Å². The van der Waals surface area contributed by atoms with Gasteiger partial charge in [0.05, 0.1) is 0 Å². The molecule has 0 aromatic heterocycles. The molecule has 0 saturated heterocycles. The van der Waals surface area contributed by atoms with Gasteiger partial charge >= 0.3 is 0 Å². The van der Waals surface area contributed by atoms with E-state index in [-0.39, 0.29) is 0 Å². The smallest absolute Gasteiger partial charge is 0.281 e. The first-order valence-electron chi connectivity index (χ1n) is 7.35. The average molecular weight is 296 g/mol. The summed E-state index contributed by atoms with van der Waals surface area (Å²) in [7, 11) is 0. The van der Waals surface area contributed by atoms with Gasteiger partial charge in [-0.15, -0.1) is 0 Å². The molecule has 0 spiro atoms. The van der Waals surface area contributed by atoms with Gasteiger partial charge in [-0.25, -0.2) is 5.43 Å². The average Bonchev–Trinajstić information content (AvgIpc) is 2.59. The first-order valence-corrected chi connectivity index (χ1v) is 7.35. The normalized spacial score (nSPS) is 11.5. The lowest BCUT2D eigenvalue weighted by molar-refractivity contribution is -0.136. The Balaban J connectivity index is 2.36. The van der Waals surface area contributed by atoms with Crippen molar-refractivity contribution >= 4 is 12.1 Å². The minimum Gasteiger partial charge on any atom is -0.372 e. The zero-order valence-electron chi connectivity index (χ0n) is 12.6. The summed E-state index contributed by atoms with van der Waals surface area (Å²) in [6.07, 6.45) is 3.35. The van der Waals surface area contributed by atoms with Gasteiger partial charge < -0.3 is 5.11 Å². The van der Waals surface area contributed by atoms with Crippen molar-refractivity contribution in [1.29, 1.82) is 0 Å². The van der Waals surface area contributed by atoms with E-state index >= 15 is 0 Å². The predicted octanol–water partition coefficient (Wildman–Crippen LogP) is 2.82. The van der Waals surface area contributed by atoms with E-state index in [1.807, 2.05) is 19.1 Å². The van der Waals surface area contributed by atoms with E-state index in [1.165, 1.54) is 0 Å². The summed E-state index contributed by atoms with van der Waals surface area (Å²) < 4.78 is 0. The van der Waals surface area contributed by atoms with Gasteiger partial charge in [-0.2, -0.15) is 5.10 Å². The lowest BCUT2D eigenvalue weighted by Crippen LogP contribution is -2.43. The number of hydrogen-bond donors (Lipinski definition) is 2. The SMILES string of the molecule is CCC/C=N/NC(=O)C(O)(c1ccccc1)c1ccccc1. The quantitative estimate of drug-likeness (QED) is 0.636. The molecule has 1 amide bonds. The van der Waals surface area contributed by atoms with Crippen LogP contribution in [-0.2, 0) is 10.4 Å². The number of carbonyl (C=O) groups excluding carboxylic acids is 1. The molecule has 0 aliphatic heterocycles. The Morgan fingerprint density at radius 3 is 2.05 bits per heavy atom. The van der Waals surface area contributed by atoms with Gasteiger partial charge in [-0.1, -0.05) is 74.0 Å². The van der Waals surface area contributed by atoms with Gasteiger partial charge in [0.1, 0.15) is 0 Å². The van der Waals surface area contributed by atoms with Crippen LogP contribution >= 0.6 is 0 Å². The van der Waals surface area contributed by atoms with Gasteiger partial charge in [0.2, 0.25) is 0 Å². The molecule has 2 rings (SSSR count). The molecular formula is C18H20N2O2. The Morgan fingerprint density at radius 1 is 1.09 bits per heavy atom. The van der Waals surface area contributed by atoms with Crippen molar-refractivity contribution < 1.29 is 9.90 Å². The third kappa shape index (κ3) is 3.40. The van der Waals surface area contributed by atoms with E-state index in [0.717, 1.165) is 12.8 Å². The summed E-state index contributed by atoms with van der Waals surface area (Å²) in [5.41, 5.74) is 1.67. The van der Waals surface area contributed by atoms with Crippen molar-refractivity contribution in [2.24, 2.45) is 5.10 Å². The third-order valence-electron chi connectivity index (χ3n) is 3.39. The number of nitrogens with one attached hydrogen (secondary N) is 1. The van der Waals surface area contributed by atoms with Crippen molar-refractivity contribution in [1.82, 2.24) is 5.43 Å². The molecule has 0 saturated carbocycles. The van der Waals surface area contributed by atoms with Gasteiger partial charge in [-0.3, -0.25) is 4.79 Å². The van der Waals surface area contributed by atoms with E-state index in [4.69, 9.17) is 0 Å². The molecular weight excluding hydrogens is 276 g/mol. The van der Waals surface area contributed by atoms with Crippen molar-refractivity contribution in [3.8, 4) is 0 Å². The zero-order valence-corrected chi connectivity index (χ0v) is 12.6. The molecule has 0 bridgehead atoms. The van der Waals surface area contributed by atoms with Crippen LogP contribution in [0.5, 0.6) is 0 Å². The fourth-order valence-corrected chi connectivity index (χ4v) is 2.17. The Hall–Kier alpha value is -2.46. The summed E-state index contributed by atoms with van der Waals surface area (Å²) in [4.78, 5) is 12.6. The van der Waals surface area contributed by atoms with Crippen LogP contribution < -0.4 is 5.43 Å². The summed E-state index contributed by atoms with van der Waals surface area (Å²) >= 11 is 0. The van der Waals surface area contributed by atoms with E-state index in [0.29, 0.717) is 11.1 Å². The van der Waals surface area contributed by atoms with Crippen LogP contribution in [0.4, 0.5) is 0 Å². The highest BCUT2D eigenvalue weighted by molar-refractivity contribution is 5.90.